The minimum absolute atomic E-state index is 0.0408. The number of likely N-dealkylation sites (tertiary alicyclic amines) is 2. The number of rotatable bonds is 16. The first-order valence-electron chi connectivity index (χ1n) is 28.2. The second kappa shape index (κ2) is 22.0. The van der Waals surface area contributed by atoms with Crippen LogP contribution < -0.4 is 25.2 Å². The third-order valence-electron chi connectivity index (χ3n) is 17.4. The van der Waals surface area contributed by atoms with Crippen LogP contribution in [0.2, 0.25) is 0 Å². The van der Waals surface area contributed by atoms with Crippen LogP contribution in [0.3, 0.4) is 0 Å². The molecule has 5 fully saturated rings. The Morgan fingerprint density at radius 1 is 0.937 bits per heavy atom. The van der Waals surface area contributed by atoms with Crippen LogP contribution in [0.5, 0.6) is 11.8 Å². The average molecular weight is 1090 g/mol. The van der Waals surface area contributed by atoms with Crippen molar-refractivity contribution in [3.05, 3.63) is 101 Å². The largest absolute Gasteiger partial charge is 0.508 e. The van der Waals surface area contributed by atoms with Crippen LogP contribution in [0.15, 0.2) is 76.9 Å². The number of ether oxygens (including phenoxy) is 1. The SMILES string of the molecule is CCc1cccc2cc(O)cc(-c3ncc4c(N5CC6CCC(C5)N6)nc(OCCN5CCC(C6CN(c7cc([C@@H](C(=O)N8C[C@H](O)C[C@H]8C(=O)N[C@@H](C)c8ccc(-c9scnc9C)cc8)C(C)C)on7)C6)CC5)nc4c3F)c12. The molecular formula is C60H70FN11O6S. The fraction of sp³-hybridized carbons (Fsp3) is 0.483. The van der Waals surface area contributed by atoms with Crippen LogP contribution in [0.4, 0.5) is 16.0 Å². The Kier molecular flexibility index (Phi) is 14.7. The number of phenolic OH excluding ortho intramolecular Hbond substituents is 1. The number of carbonyl (C=O) groups excluding carboxylic acids is 2. The lowest BCUT2D eigenvalue weighted by molar-refractivity contribution is -0.141. The topological polar surface area (TPSA) is 198 Å². The van der Waals surface area contributed by atoms with Gasteiger partial charge in [0.25, 0.3) is 0 Å². The number of nitrogens with zero attached hydrogens (tertiary/aromatic N) is 9. The Morgan fingerprint density at radius 3 is 2.43 bits per heavy atom. The lowest BCUT2D eigenvalue weighted by atomic mass is 9.79. The number of β-amino-alcohol motifs (C(OH)–C–C–N with tert-alkyl or cyclic N) is 1. The minimum atomic E-state index is -0.820. The normalized spacial score (nSPS) is 21.8. The van der Waals surface area contributed by atoms with Gasteiger partial charge >= 0.3 is 6.01 Å². The van der Waals surface area contributed by atoms with Crippen LogP contribution >= 0.6 is 11.3 Å². The van der Waals surface area contributed by atoms with E-state index in [9.17, 15) is 19.8 Å². The molecule has 9 heterocycles. The van der Waals surface area contributed by atoms with Gasteiger partial charge in [-0.15, -0.1) is 11.3 Å². The number of aliphatic hydroxyl groups is 1. The van der Waals surface area contributed by atoms with Gasteiger partial charge in [0.15, 0.2) is 17.4 Å². The van der Waals surface area contributed by atoms with E-state index < -0.39 is 23.9 Å². The van der Waals surface area contributed by atoms with Crippen molar-refractivity contribution in [1.29, 1.82) is 0 Å². The van der Waals surface area contributed by atoms with Gasteiger partial charge in [0, 0.05) is 75.6 Å². The van der Waals surface area contributed by atoms with Crippen molar-refractivity contribution < 1.29 is 33.5 Å². The number of phenols is 1. The number of piperazine rings is 1. The molecule has 4 N–H and O–H groups in total. The van der Waals surface area contributed by atoms with Gasteiger partial charge < -0.3 is 44.8 Å². The lowest BCUT2D eigenvalue weighted by Crippen LogP contribution is -2.52. The Balaban J connectivity index is 0.656. The van der Waals surface area contributed by atoms with E-state index >= 15 is 4.39 Å². The number of halogens is 1. The number of amides is 2. The summed E-state index contributed by atoms with van der Waals surface area (Å²) >= 11 is 1.59. The van der Waals surface area contributed by atoms with E-state index in [-0.39, 0.29) is 59.7 Å². The number of aryl methyl sites for hydroxylation is 2. The monoisotopic (exact) mass is 1090 g/mol. The lowest BCUT2D eigenvalue weighted by Gasteiger charge is -2.46. The van der Waals surface area contributed by atoms with Crippen LogP contribution in [0.25, 0.3) is 43.4 Å². The highest BCUT2D eigenvalue weighted by Gasteiger charge is 2.45. The third kappa shape index (κ3) is 10.5. The van der Waals surface area contributed by atoms with Crippen LogP contribution in [-0.2, 0) is 16.0 Å². The molecule has 5 saturated heterocycles. The number of aromatic hydroxyl groups is 1. The molecule has 2 amide bonds. The second-order valence-corrected chi connectivity index (χ2v) is 23.8. The van der Waals surface area contributed by atoms with E-state index in [0.717, 1.165) is 109 Å². The van der Waals surface area contributed by atoms with Gasteiger partial charge in [-0.25, -0.2) is 9.37 Å². The fourth-order valence-corrected chi connectivity index (χ4v) is 13.9. The molecule has 5 aliphatic rings. The van der Waals surface area contributed by atoms with Gasteiger partial charge in [-0.3, -0.25) is 19.5 Å². The average Bonchev–Trinajstić information content (AvgIpc) is 4.27. The zero-order chi connectivity index (χ0) is 54.6. The molecule has 2 bridgehead atoms. The maximum Gasteiger partial charge on any atom is 0.319 e. The maximum atomic E-state index is 17.1. The highest BCUT2D eigenvalue weighted by atomic mass is 32.1. The van der Waals surface area contributed by atoms with E-state index in [1.54, 1.807) is 29.7 Å². The number of benzene rings is 3. The maximum absolute atomic E-state index is 17.1. The third-order valence-corrected chi connectivity index (χ3v) is 18.4. The van der Waals surface area contributed by atoms with Crippen LogP contribution in [0.1, 0.15) is 94.3 Å². The summed E-state index contributed by atoms with van der Waals surface area (Å²) in [6.45, 7) is 16.0. The molecule has 4 aromatic heterocycles. The van der Waals surface area contributed by atoms with E-state index in [2.05, 4.69) is 42.4 Å². The van der Waals surface area contributed by atoms with Gasteiger partial charge in [0.1, 0.15) is 41.3 Å². The Bertz CT molecular complexity index is 3370. The fourth-order valence-electron chi connectivity index (χ4n) is 13.1. The first kappa shape index (κ1) is 52.9. The molecule has 414 valence electrons. The number of hydrogen-bond acceptors (Lipinski definition) is 16. The molecule has 0 spiro atoms. The summed E-state index contributed by atoms with van der Waals surface area (Å²) in [4.78, 5) is 56.5. The number of aliphatic hydroxyl groups excluding tert-OH is 1. The molecule has 0 saturated carbocycles. The van der Waals surface area contributed by atoms with Crippen molar-refractivity contribution in [2.45, 2.75) is 109 Å². The number of pyridine rings is 1. The molecule has 5 aliphatic heterocycles. The molecular weight excluding hydrogens is 1020 g/mol. The first-order chi connectivity index (χ1) is 38.3. The molecule has 6 atom stereocenters. The Hall–Kier alpha value is -6.80. The van der Waals surface area contributed by atoms with Gasteiger partial charge in [0.05, 0.1) is 33.6 Å². The van der Waals surface area contributed by atoms with E-state index in [0.29, 0.717) is 65.4 Å². The molecule has 3 aromatic carbocycles. The molecule has 17 nitrogen and oxygen atoms in total. The molecule has 12 rings (SSSR count). The smallest absolute Gasteiger partial charge is 0.319 e. The number of aromatic nitrogens is 5. The number of hydrogen-bond donors (Lipinski definition) is 4. The highest BCUT2D eigenvalue weighted by Crippen LogP contribution is 2.41. The zero-order valence-corrected chi connectivity index (χ0v) is 46.4. The number of carbonyl (C=O) groups is 2. The summed E-state index contributed by atoms with van der Waals surface area (Å²) in [7, 11) is 0. The van der Waals surface area contributed by atoms with Crippen molar-refractivity contribution in [1.82, 2.24) is 45.5 Å². The molecule has 19 heteroatoms. The number of fused-ring (bicyclic) bond motifs is 4. The summed E-state index contributed by atoms with van der Waals surface area (Å²) in [6, 6.07) is 18.8. The van der Waals surface area contributed by atoms with Crippen molar-refractivity contribution in [3.63, 3.8) is 0 Å². The van der Waals surface area contributed by atoms with Crippen molar-refractivity contribution in [2.75, 3.05) is 68.8 Å². The molecule has 2 unspecified atom stereocenters. The number of thiazole rings is 1. The number of nitrogens with one attached hydrogen (secondary N) is 2. The van der Waals surface area contributed by atoms with Crippen molar-refractivity contribution in [3.8, 4) is 33.5 Å². The predicted octanol–water partition coefficient (Wildman–Crippen LogP) is 8.42. The van der Waals surface area contributed by atoms with E-state index in [1.165, 1.54) is 4.90 Å². The number of anilines is 2. The quantitative estimate of drug-likeness (QED) is 0.0719. The summed E-state index contributed by atoms with van der Waals surface area (Å²) in [5, 5.41) is 35.0. The van der Waals surface area contributed by atoms with E-state index in [4.69, 9.17) is 24.2 Å². The van der Waals surface area contributed by atoms with Gasteiger partial charge in [-0.05, 0) is 116 Å². The predicted molar refractivity (Wildman–Crippen MR) is 303 cm³/mol. The van der Waals surface area contributed by atoms with Gasteiger partial charge in [0.2, 0.25) is 11.8 Å². The Labute approximate surface area is 463 Å². The molecule has 79 heavy (non-hydrogen) atoms. The van der Waals surface area contributed by atoms with E-state index in [1.807, 2.05) is 81.7 Å². The zero-order valence-electron chi connectivity index (χ0n) is 45.6. The second-order valence-electron chi connectivity index (χ2n) is 22.9. The summed E-state index contributed by atoms with van der Waals surface area (Å²) < 4.78 is 29.4. The first-order valence-corrected chi connectivity index (χ1v) is 29.1. The van der Waals surface area contributed by atoms with Crippen LogP contribution in [-0.4, -0.2) is 140 Å². The number of piperidine rings is 1. The van der Waals surface area contributed by atoms with Gasteiger partial charge in [-0.2, -0.15) is 9.97 Å². The summed E-state index contributed by atoms with van der Waals surface area (Å²) in [6.07, 6.45) is 6.01. The summed E-state index contributed by atoms with van der Waals surface area (Å²) in [5.74, 6) is 0.919. The highest BCUT2D eigenvalue weighted by molar-refractivity contribution is 7.13. The van der Waals surface area contributed by atoms with Gasteiger partial charge in [-0.1, -0.05) is 68.4 Å². The van der Waals surface area contributed by atoms with Crippen LogP contribution in [0, 0.1) is 30.5 Å². The molecule has 7 aromatic rings. The molecule has 0 radical (unpaired) electrons. The van der Waals surface area contributed by atoms with Crippen molar-refractivity contribution in [2.24, 2.45) is 17.8 Å². The summed E-state index contributed by atoms with van der Waals surface area (Å²) in [5.41, 5.74) is 6.66. The standard InChI is InChI=1S/C60H70FN11O6S/c1-6-36-8-7-9-40-22-44(73)23-46(52(36)40)54-53(61)55-47(26-62-54)57(71-29-42-14-15-43(30-71)65-42)67-60(66-55)77-21-20-69-18-16-38(17-19-69)41-27-70(28-41)50-25-49(78-68-50)51(33(2)3)59(76)72-31-45(74)24-48(72)58(75)64-34(4)37-10-12-39(13-11-37)56-35(5)63-32-79-56/h7-13,22-23,25-26,32-34,38,41-43,45,48,51,65,73-74H,6,14-21,24,27-31H2,1-5H3,(H,64,75)/t34-,42?,43?,45+,48-,51-/m0/s1. The van der Waals surface area contributed by atoms with Crippen molar-refractivity contribution >= 4 is 56.5 Å². The minimum Gasteiger partial charge on any atom is -0.508 e. The Morgan fingerprint density at radius 2 is 1.71 bits per heavy atom. The molecule has 0 aliphatic carbocycles.